The molecule has 0 radical (unpaired) electrons. The average molecular weight is 637 g/mol. The number of aryl methyl sites for hydroxylation is 1. The molecule has 3 saturated heterocycles. The van der Waals surface area contributed by atoms with Crippen molar-refractivity contribution in [2.75, 3.05) is 62.7 Å². The van der Waals surface area contributed by atoms with E-state index in [2.05, 4.69) is 25.1 Å². The van der Waals surface area contributed by atoms with Crippen LogP contribution in [0, 0.1) is 30.5 Å². The van der Waals surface area contributed by atoms with Crippen molar-refractivity contribution < 1.29 is 28.4 Å². The number of nitrogens with zero attached hydrogens (tertiary/aromatic N) is 6. The number of carbonyl (C=O) groups is 5. The lowest BCUT2D eigenvalue weighted by atomic mass is 9.96. The number of anilines is 2. The van der Waals surface area contributed by atoms with Gasteiger partial charge in [0.25, 0.3) is 11.8 Å². The molecule has 0 bridgehead atoms. The molecule has 5 rings (SSSR count). The molecule has 3 aliphatic rings. The molecule has 0 saturated carbocycles. The van der Waals surface area contributed by atoms with Gasteiger partial charge in [-0.2, -0.15) is 0 Å². The van der Waals surface area contributed by atoms with Crippen molar-refractivity contribution in [3.05, 3.63) is 47.2 Å². The summed E-state index contributed by atoms with van der Waals surface area (Å²) in [6, 6.07) is 1.64. The van der Waals surface area contributed by atoms with Crippen LogP contribution in [-0.4, -0.2) is 109 Å². The first kappa shape index (κ1) is 32.9. The van der Waals surface area contributed by atoms with Crippen LogP contribution in [0.4, 0.5) is 15.9 Å². The summed E-state index contributed by atoms with van der Waals surface area (Å²) in [5.74, 6) is -0.267. The number of likely N-dealkylation sites (tertiary alicyclic amines) is 1. The third-order valence-corrected chi connectivity index (χ3v) is 9.56. The van der Waals surface area contributed by atoms with E-state index >= 15 is 4.39 Å². The van der Waals surface area contributed by atoms with Crippen molar-refractivity contribution in [3.63, 3.8) is 0 Å². The van der Waals surface area contributed by atoms with Crippen molar-refractivity contribution in [1.29, 1.82) is 0 Å². The molecular weight excluding hydrogens is 595 g/mol. The van der Waals surface area contributed by atoms with Gasteiger partial charge in [0.1, 0.15) is 29.7 Å². The molecule has 3 unspecified atom stereocenters. The lowest BCUT2D eigenvalue weighted by Gasteiger charge is -2.34. The van der Waals surface area contributed by atoms with Crippen molar-refractivity contribution in [3.8, 4) is 0 Å². The lowest BCUT2D eigenvalue weighted by molar-refractivity contribution is -0.131. The van der Waals surface area contributed by atoms with E-state index in [4.69, 9.17) is 5.73 Å². The van der Waals surface area contributed by atoms with Crippen LogP contribution in [0.25, 0.3) is 0 Å². The number of aldehydes is 1. The second-order valence-corrected chi connectivity index (χ2v) is 12.5. The molecule has 3 N–H and O–H groups in total. The number of hydrogen-bond acceptors (Lipinski definition) is 10. The quantitative estimate of drug-likeness (QED) is 0.322. The number of rotatable bonds is 12. The standard InChI is InChI=1S/C32H41FN8O5/c1-20-10-25(33)28(11-24(20)32(46)41(19-43)27(4-3-9-42)31(45)35-2)40-17-22-15-38(16-23(22)18-40)14-21-5-7-39(8-6-21)29-13-36-26(12-37-29)30(34)44/h9-13,19,21-23,27H,3-8,14-18H2,1-2H3,(H2,34,44)(H,35,45). The fourth-order valence-electron chi connectivity index (χ4n) is 7.08. The number of fused-ring (bicyclic) bond motifs is 1. The summed E-state index contributed by atoms with van der Waals surface area (Å²) in [5.41, 5.74) is 6.22. The summed E-state index contributed by atoms with van der Waals surface area (Å²) in [7, 11) is 1.39. The maximum atomic E-state index is 15.3. The first-order chi connectivity index (χ1) is 22.1. The Morgan fingerprint density at radius 1 is 1.07 bits per heavy atom. The van der Waals surface area contributed by atoms with E-state index in [-0.39, 0.29) is 24.1 Å². The second-order valence-electron chi connectivity index (χ2n) is 12.5. The van der Waals surface area contributed by atoms with Gasteiger partial charge in [-0.1, -0.05) is 0 Å². The van der Waals surface area contributed by atoms with Crippen LogP contribution in [-0.2, 0) is 14.4 Å². The highest BCUT2D eigenvalue weighted by molar-refractivity contribution is 6.04. The number of piperidine rings is 1. The normalized spacial score (nSPS) is 20.7. The summed E-state index contributed by atoms with van der Waals surface area (Å²) in [6.07, 6.45) is 5.98. The number of aromatic nitrogens is 2. The highest BCUT2D eigenvalue weighted by Crippen LogP contribution is 2.37. The maximum Gasteiger partial charge on any atom is 0.268 e. The predicted octanol–water partition coefficient (Wildman–Crippen LogP) is 1.000. The number of nitrogens with one attached hydrogen (secondary N) is 1. The molecule has 3 fully saturated rings. The number of imide groups is 1. The summed E-state index contributed by atoms with van der Waals surface area (Å²) in [4.78, 5) is 76.1. The van der Waals surface area contributed by atoms with Crippen molar-refractivity contribution in [2.24, 2.45) is 23.5 Å². The number of halogens is 1. The highest BCUT2D eigenvalue weighted by Gasteiger charge is 2.41. The van der Waals surface area contributed by atoms with Crippen molar-refractivity contribution >= 4 is 41.9 Å². The Hall–Kier alpha value is -4.46. The fourth-order valence-corrected chi connectivity index (χ4v) is 7.08. The minimum absolute atomic E-state index is 0.000616. The molecule has 13 nitrogen and oxygen atoms in total. The third-order valence-electron chi connectivity index (χ3n) is 9.56. The molecule has 0 spiro atoms. The Morgan fingerprint density at radius 3 is 2.33 bits per heavy atom. The molecule has 46 heavy (non-hydrogen) atoms. The first-order valence-corrected chi connectivity index (χ1v) is 15.7. The number of primary amides is 1. The summed E-state index contributed by atoms with van der Waals surface area (Å²) in [5, 5.41) is 2.44. The average Bonchev–Trinajstić information content (AvgIpc) is 3.61. The Kier molecular flexibility index (Phi) is 10.2. The molecule has 1 aromatic heterocycles. The Morgan fingerprint density at radius 2 is 1.76 bits per heavy atom. The van der Waals surface area contributed by atoms with Gasteiger partial charge < -0.3 is 30.5 Å². The van der Waals surface area contributed by atoms with Crippen LogP contribution in [0.2, 0.25) is 0 Å². The van der Waals surface area contributed by atoms with Gasteiger partial charge in [-0.3, -0.25) is 24.1 Å². The molecule has 3 atom stereocenters. The minimum atomic E-state index is -1.15. The van der Waals surface area contributed by atoms with E-state index in [1.165, 1.54) is 25.4 Å². The van der Waals surface area contributed by atoms with Gasteiger partial charge in [0.15, 0.2) is 0 Å². The Balaban J connectivity index is 1.18. The second kappa shape index (κ2) is 14.3. The largest absolute Gasteiger partial charge is 0.368 e. The number of amides is 4. The first-order valence-electron chi connectivity index (χ1n) is 15.7. The molecule has 4 amide bonds. The van der Waals surface area contributed by atoms with E-state index < -0.39 is 29.6 Å². The molecule has 0 aliphatic carbocycles. The number of hydrogen-bond donors (Lipinski definition) is 2. The van der Waals surface area contributed by atoms with E-state index in [0.717, 1.165) is 56.3 Å². The number of benzene rings is 1. The molecule has 246 valence electrons. The van der Waals surface area contributed by atoms with E-state index in [1.807, 2.05) is 4.90 Å². The number of likely N-dealkylation sites (N-methyl/N-ethyl adjacent to an activating group) is 1. The minimum Gasteiger partial charge on any atom is -0.368 e. The van der Waals surface area contributed by atoms with Crippen LogP contribution < -0.4 is 20.9 Å². The van der Waals surface area contributed by atoms with Crippen molar-refractivity contribution in [1.82, 2.24) is 25.1 Å². The van der Waals surface area contributed by atoms with Gasteiger partial charge in [-0.15, -0.1) is 0 Å². The molecular formula is C32H41FN8O5. The van der Waals surface area contributed by atoms with Crippen LogP contribution in [0.3, 0.4) is 0 Å². The van der Waals surface area contributed by atoms with Gasteiger partial charge >= 0.3 is 0 Å². The summed E-state index contributed by atoms with van der Waals surface area (Å²) in [6.45, 7) is 7.48. The third kappa shape index (κ3) is 7.01. The maximum absolute atomic E-state index is 15.3. The Labute approximate surface area is 267 Å². The van der Waals surface area contributed by atoms with Crippen LogP contribution >= 0.6 is 0 Å². The molecule has 3 aliphatic heterocycles. The van der Waals surface area contributed by atoms with E-state index in [0.29, 0.717) is 54.8 Å². The SMILES string of the molecule is CNC(=O)C(CCC=O)N(C=O)C(=O)c1cc(N2CC3CN(CC4CCN(c5cnc(C(N)=O)cn5)CC4)CC3C2)c(F)cc1C. The molecule has 2 aromatic rings. The number of nitrogens with two attached hydrogens (primary N) is 1. The lowest BCUT2D eigenvalue weighted by Crippen LogP contribution is -2.48. The van der Waals surface area contributed by atoms with Crippen LogP contribution in [0.1, 0.15) is 52.1 Å². The van der Waals surface area contributed by atoms with Gasteiger partial charge in [0, 0.05) is 64.8 Å². The topological polar surface area (TPSA) is 162 Å². The van der Waals surface area contributed by atoms with Crippen LogP contribution in [0.15, 0.2) is 24.5 Å². The number of carbonyl (C=O) groups excluding carboxylic acids is 5. The van der Waals surface area contributed by atoms with E-state index in [1.54, 1.807) is 13.1 Å². The van der Waals surface area contributed by atoms with Gasteiger partial charge in [0.05, 0.1) is 18.1 Å². The molecule has 1 aromatic carbocycles. The zero-order chi connectivity index (χ0) is 33.0. The smallest absolute Gasteiger partial charge is 0.268 e. The monoisotopic (exact) mass is 636 g/mol. The predicted molar refractivity (Wildman–Crippen MR) is 168 cm³/mol. The zero-order valence-electron chi connectivity index (χ0n) is 26.2. The molecule has 14 heteroatoms. The van der Waals surface area contributed by atoms with Gasteiger partial charge in [0.2, 0.25) is 12.3 Å². The summed E-state index contributed by atoms with van der Waals surface area (Å²) < 4.78 is 15.3. The molecule has 4 heterocycles. The van der Waals surface area contributed by atoms with E-state index in [9.17, 15) is 24.0 Å². The Bertz CT molecular complexity index is 1450. The highest BCUT2D eigenvalue weighted by atomic mass is 19.1. The fraction of sp³-hybridized carbons (Fsp3) is 0.531. The zero-order valence-corrected chi connectivity index (χ0v) is 26.2. The van der Waals surface area contributed by atoms with Gasteiger partial charge in [-0.05, 0) is 61.6 Å². The van der Waals surface area contributed by atoms with Crippen LogP contribution in [0.5, 0.6) is 0 Å². The summed E-state index contributed by atoms with van der Waals surface area (Å²) >= 11 is 0. The van der Waals surface area contributed by atoms with Gasteiger partial charge in [-0.25, -0.2) is 14.4 Å². The van der Waals surface area contributed by atoms with Crippen molar-refractivity contribution in [2.45, 2.75) is 38.6 Å².